The van der Waals surface area contributed by atoms with Crippen LogP contribution in [-0.4, -0.2) is 29.7 Å². The third-order valence-corrected chi connectivity index (χ3v) is 4.93. The quantitative estimate of drug-likeness (QED) is 0.457. The molecule has 26 heavy (non-hydrogen) atoms. The lowest BCUT2D eigenvalue weighted by molar-refractivity contribution is 0.0505. The topological polar surface area (TPSA) is 74.5 Å². The number of carbonyl (C=O) groups is 1. The van der Waals surface area contributed by atoms with Crippen molar-refractivity contribution in [3.05, 3.63) is 52.5 Å². The first-order valence-electron chi connectivity index (χ1n) is 8.26. The molecule has 0 aliphatic carbocycles. The largest absolute Gasteiger partial charge is 0.495 e. The van der Waals surface area contributed by atoms with Crippen LogP contribution in [0.15, 0.2) is 35.0 Å². The Hall–Kier alpha value is -2.67. The summed E-state index contributed by atoms with van der Waals surface area (Å²) in [4.78, 5) is 21.3. The smallest absolute Gasteiger partial charge is 0.350 e. The monoisotopic (exact) mass is 372 g/mol. The number of hydrogen-bond acceptors (Lipinski definition) is 7. The van der Waals surface area contributed by atoms with Gasteiger partial charge in [0.1, 0.15) is 16.4 Å². The molecule has 7 heteroatoms. The Kier molecular flexibility index (Phi) is 5.68. The zero-order chi connectivity index (χ0) is 18.5. The van der Waals surface area contributed by atoms with Crippen molar-refractivity contribution < 1.29 is 18.7 Å². The van der Waals surface area contributed by atoms with Gasteiger partial charge in [-0.05, 0) is 50.5 Å². The normalized spacial score (nSPS) is 10.7. The highest BCUT2D eigenvalue weighted by molar-refractivity contribution is 7.17. The van der Waals surface area contributed by atoms with Gasteiger partial charge in [0.25, 0.3) is 0 Å². The second kappa shape index (κ2) is 8.14. The minimum atomic E-state index is -0.349. The Morgan fingerprint density at radius 2 is 2.12 bits per heavy atom. The van der Waals surface area contributed by atoms with Gasteiger partial charge in [-0.2, -0.15) is 0 Å². The van der Waals surface area contributed by atoms with Gasteiger partial charge >= 0.3 is 5.97 Å². The molecule has 0 spiro atoms. The van der Waals surface area contributed by atoms with E-state index in [-0.39, 0.29) is 5.97 Å². The number of rotatable bonds is 7. The van der Waals surface area contributed by atoms with Crippen molar-refractivity contribution in [2.45, 2.75) is 26.7 Å². The molecule has 6 nitrogen and oxygen atoms in total. The molecule has 3 heterocycles. The summed E-state index contributed by atoms with van der Waals surface area (Å²) in [6, 6.07) is 5.65. The number of pyridine rings is 1. The highest BCUT2D eigenvalue weighted by atomic mass is 32.1. The van der Waals surface area contributed by atoms with Gasteiger partial charge in [-0.15, -0.1) is 11.3 Å². The van der Waals surface area contributed by atoms with Crippen molar-refractivity contribution in [2.24, 2.45) is 0 Å². The molecule has 0 amide bonds. The molecular weight excluding hydrogens is 352 g/mol. The summed E-state index contributed by atoms with van der Waals surface area (Å²) >= 11 is 1.29. The lowest BCUT2D eigenvalue weighted by atomic mass is 10.1. The number of thiazole rings is 1. The van der Waals surface area contributed by atoms with Crippen LogP contribution < -0.4 is 4.74 Å². The second-order valence-electron chi connectivity index (χ2n) is 5.82. The van der Waals surface area contributed by atoms with Crippen molar-refractivity contribution in [3.63, 3.8) is 0 Å². The maximum atomic E-state index is 12.3. The van der Waals surface area contributed by atoms with E-state index in [4.69, 9.17) is 13.9 Å². The highest BCUT2D eigenvalue weighted by Crippen LogP contribution is 2.29. The van der Waals surface area contributed by atoms with Gasteiger partial charge in [-0.3, -0.25) is 4.98 Å². The standard InChI is InChI=1S/C19H20N2O4S/c1-12-6-7-16(25-12)18-21-13(2)17(26-18)19(22)24-8-4-5-14-9-15(23-3)11-20-10-14/h6-7,9-11H,4-5,8H2,1-3H3. The average Bonchev–Trinajstić information content (AvgIpc) is 3.24. The van der Waals surface area contributed by atoms with Crippen molar-refractivity contribution >= 4 is 17.3 Å². The number of aryl methyl sites for hydroxylation is 3. The van der Waals surface area contributed by atoms with Crippen molar-refractivity contribution in [2.75, 3.05) is 13.7 Å². The SMILES string of the molecule is COc1cncc(CCCOC(=O)c2sc(-c3ccc(C)o3)nc2C)c1. The number of furan rings is 1. The molecule has 0 N–H and O–H groups in total. The summed E-state index contributed by atoms with van der Waals surface area (Å²) < 4.78 is 16.1. The molecule has 3 aromatic heterocycles. The number of ether oxygens (including phenoxy) is 2. The predicted octanol–water partition coefficient (Wildman–Crippen LogP) is 4.21. The summed E-state index contributed by atoms with van der Waals surface area (Å²) in [5, 5.41) is 0.685. The molecule has 0 radical (unpaired) electrons. The zero-order valence-corrected chi connectivity index (χ0v) is 15.8. The molecule has 0 atom stereocenters. The van der Waals surface area contributed by atoms with E-state index in [1.807, 2.05) is 25.1 Å². The molecule has 0 aliphatic heterocycles. The van der Waals surface area contributed by atoms with Crippen LogP contribution in [0.3, 0.4) is 0 Å². The van der Waals surface area contributed by atoms with E-state index in [0.29, 0.717) is 34.4 Å². The molecule has 136 valence electrons. The van der Waals surface area contributed by atoms with Crippen LogP contribution in [0, 0.1) is 13.8 Å². The summed E-state index contributed by atoms with van der Waals surface area (Å²) in [5.41, 5.74) is 1.70. The minimum Gasteiger partial charge on any atom is -0.495 e. The number of hydrogen-bond donors (Lipinski definition) is 0. The van der Waals surface area contributed by atoms with Gasteiger partial charge in [0.15, 0.2) is 10.8 Å². The predicted molar refractivity (Wildman–Crippen MR) is 98.7 cm³/mol. The fourth-order valence-electron chi connectivity index (χ4n) is 2.46. The molecule has 0 aliphatic rings. The summed E-state index contributed by atoms with van der Waals surface area (Å²) in [5.74, 6) is 1.85. The van der Waals surface area contributed by atoms with Crippen LogP contribution in [0.4, 0.5) is 0 Å². The van der Waals surface area contributed by atoms with Gasteiger partial charge < -0.3 is 13.9 Å². The third kappa shape index (κ3) is 4.29. The van der Waals surface area contributed by atoms with E-state index in [1.54, 1.807) is 26.4 Å². The molecule has 0 aromatic carbocycles. The lowest BCUT2D eigenvalue weighted by Gasteiger charge is -2.05. The lowest BCUT2D eigenvalue weighted by Crippen LogP contribution is -2.07. The van der Waals surface area contributed by atoms with Crippen LogP contribution in [-0.2, 0) is 11.2 Å². The fraction of sp³-hybridized carbons (Fsp3) is 0.316. The fourth-order valence-corrected chi connectivity index (χ4v) is 3.38. The number of aromatic nitrogens is 2. The average molecular weight is 372 g/mol. The Balaban J connectivity index is 1.54. The van der Waals surface area contributed by atoms with Crippen molar-refractivity contribution in [1.29, 1.82) is 0 Å². The van der Waals surface area contributed by atoms with Gasteiger partial charge in [0.2, 0.25) is 0 Å². The number of methoxy groups -OCH3 is 1. The summed E-state index contributed by atoms with van der Waals surface area (Å²) in [6.45, 7) is 4.01. The third-order valence-electron chi connectivity index (χ3n) is 3.78. The molecule has 0 unspecified atom stereocenters. The van der Waals surface area contributed by atoms with E-state index in [0.717, 1.165) is 23.5 Å². The number of carbonyl (C=O) groups excluding carboxylic acids is 1. The van der Waals surface area contributed by atoms with Gasteiger partial charge in [-0.1, -0.05) is 0 Å². The Bertz CT molecular complexity index is 901. The van der Waals surface area contributed by atoms with E-state index in [9.17, 15) is 4.79 Å². The first-order chi connectivity index (χ1) is 12.6. The highest BCUT2D eigenvalue weighted by Gasteiger charge is 2.19. The number of nitrogens with zero attached hydrogens (tertiary/aromatic N) is 2. The Labute approximate surface area is 155 Å². The van der Waals surface area contributed by atoms with E-state index >= 15 is 0 Å². The van der Waals surface area contributed by atoms with Gasteiger partial charge in [-0.25, -0.2) is 9.78 Å². The van der Waals surface area contributed by atoms with Crippen LogP contribution in [0.2, 0.25) is 0 Å². The molecule has 0 bridgehead atoms. The zero-order valence-electron chi connectivity index (χ0n) is 14.9. The first kappa shape index (κ1) is 18.1. The minimum absolute atomic E-state index is 0.336. The van der Waals surface area contributed by atoms with Gasteiger partial charge in [0.05, 0.1) is 25.6 Å². The maximum absolute atomic E-state index is 12.3. The van der Waals surface area contributed by atoms with E-state index in [2.05, 4.69) is 9.97 Å². The summed E-state index contributed by atoms with van der Waals surface area (Å²) in [7, 11) is 1.61. The van der Waals surface area contributed by atoms with E-state index in [1.165, 1.54) is 11.3 Å². The van der Waals surface area contributed by atoms with E-state index < -0.39 is 0 Å². The van der Waals surface area contributed by atoms with Crippen LogP contribution in [0.25, 0.3) is 10.8 Å². The first-order valence-corrected chi connectivity index (χ1v) is 9.07. The Morgan fingerprint density at radius 3 is 2.85 bits per heavy atom. The Morgan fingerprint density at radius 1 is 1.27 bits per heavy atom. The van der Waals surface area contributed by atoms with Crippen LogP contribution in [0.1, 0.15) is 33.1 Å². The molecule has 0 saturated heterocycles. The molecule has 0 fully saturated rings. The van der Waals surface area contributed by atoms with Crippen molar-refractivity contribution in [1.82, 2.24) is 9.97 Å². The summed E-state index contributed by atoms with van der Waals surface area (Å²) in [6.07, 6.45) is 4.92. The number of esters is 1. The molecular formula is C19H20N2O4S. The van der Waals surface area contributed by atoms with Gasteiger partial charge in [0, 0.05) is 6.20 Å². The molecule has 3 rings (SSSR count). The van der Waals surface area contributed by atoms with Crippen LogP contribution >= 0.6 is 11.3 Å². The van der Waals surface area contributed by atoms with Crippen LogP contribution in [0.5, 0.6) is 5.75 Å². The molecule has 3 aromatic rings. The molecule has 0 saturated carbocycles. The second-order valence-corrected chi connectivity index (χ2v) is 6.82. The maximum Gasteiger partial charge on any atom is 0.350 e. The van der Waals surface area contributed by atoms with Crippen molar-refractivity contribution in [3.8, 4) is 16.5 Å².